The number of urea groups is 1. The van der Waals surface area contributed by atoms with Gasteiger partial charge in [0.1, 0.15) is 0 Å². The zero-order valence-corrected chi connectivity index (χ0v) is 14.8. The fraction of sp³-hybridized carbons (Fsp3) is 0.529. The van der Waals surface area contributed by atoms with E-state index in [4.69, 9.17) is 9.84 Å². The van der Waals surface area contributed by atoms with Gasteiger partial charge in [-0.05, 0) is 24.1 Å². The number of halogens is 3. The maximum Gasteiger partial charge on any atom is 0.416 e. The molecule has 0 aromatic heterocycles. The summed E-state index contributed by atoms with van der Waals surface area (Å²) >= 11 is 0. The third-order valence-electron chi connectivity index (χ3n) is 3.84. The van der Waals surface area contributed by atoms with Crippen LogP contribution in [0.4, 0.5) is 18.0 Å². The van der Waals surface area contributed by atoms with Gasteiger partial charge in [-0.1, -0.05) is 19.1 Å². The number of carbonyl (C=O) groups is 2. The van der Waals surface area contributed by atoms with Crippen molar-refractivity contribution in [3.63, 3.8) is 0 Å². The molecule has 0 saturated heterocycles. The smallest absolute Gasteiger partial charge is 0.416 e. The third kappa shape index (κ3) is 6.55. The Morgan fingerprint density at radius 3 is 2.54 bits per heavy atom. The molecule has 0 bridgehead atoms. The van der Waals surface area contributed by atoms with Crippen molar-refractivity contribution in [1.82, 2.24) is 10.2 Å². The maximum absolute atomic E-state index is 12.9. The first-order valence-corrected chi connectivity index (χ1v) is 7.96. The minimum atomic E-state index is -4.49. The van der Waals surface area contributed by atoms with Crippen molar-refractivity contribution in [2.45, 2.75) is 25.6 Å². The van der Waals surface area contributed by atoms with Crippen LogP contribution >= 0.6 is 0 Å². The van der Waals surface area contributed by atoms with Gasteiger partial charge in [-0.2, -0.15) is 13.2 Å². The highest BCUT2D eigenvalue weighted by Crippen LogP contribution is 2.31. The van der Waals surface area contributed by atoms with E-state index in [1.165, 1.54) is 38.1 Å². The average molecular weight is 376 g/mol. The Labute approximate surface area is 149 Å². The number of hydrogen-bond donors (Lipinski definition) is 2. The van der Waals surface area contributed by atoms with Crippen LogP contribution in [0.25, 0.3) is 0 Å². The van der Waals surface area contributed by atoms with Gasteiger partial charge in [0.25, 0.3) is 0 Å². The molecule has 1 rings (SSSR count). The average Bonchev–Trinajstić information content (AvgIpc) is 2.57. The van der Waals surface area contributed by atoms with Crippen LogP contribution in [0.1, 0.15) is 30.5 Å². The SMILES string of the molecule is COCCC(NC(=O)N(C)CC(C)C(=O)O)c1cccc(C(F)(F)F)c1. The van der Waals surface area contributed by atoms with E-state index in [0.717, 1.165) is 12.1 Å². The Bertz CT molecular complexity index is 622. The van der Waals surface area contributed by atoms with Crippen LogP contribution in [-0.2, 0) is 15.7 Å². The molecule has 1 aromatic carbocycles. The minimum Gasteiger partial charge on any atom is -0.481 e. The van der Waals surface area contributed by atoms with Crippen LogP contribution < -0.4 is 5.32 Å². The fourth-order valence-corrected chi connectivity index (χ4v) is 2.32. The minimum absolute atomic E-state index is 0.0270. The number of rotatable bonds is 8. The van der Waals surface area contributed by atoms with Gasteiger partial charge in [-0.3, -0.25) is 4.79 Å². The van der Waals surface area contributed by atoms with Crippen molar-refractivity contribution in [1.29, 1.82) is 0 Å². The number of aliphatic carboxylic acids is 1. The van der Waals surface area contributed by atoms with E-state index >= 15 is 0 Å². The molecule has 0 spiro atoms. The molecular weight excluding hydrogens is 353 g/mol. The van der Waals surface area contributed by atoms with Crippen molar-refractivity contribution < 1.29 is 32.6 Å². The van der Waals surface area contributed by atoms with Crippen LogP contribution in [0.5, 0.6) is 0 Å². The number of hydrogen-bond acceptors (Lipinski definition) is 3. The quantitative estimate of drug-likeness (QED) is 0.731. The van der Waals surface area contributed by atoms with Crippen LogP contribution in [0.15, 0.2) is 24.3 Å². The molecule has 0 aliphatic carbocycles. The second-order valence-electron chi connectivity index (χ2n) is 6.03. The molecule has 2 atom stereocenters. The third-order valence-corrected chi connectivity index (χ3v) is 3.84. The van der Waals surface area contributed by atoms with Crippen LogP contribution in [0.2, 0.25) is 0 Å². The Hall–Kier alpha value is -2.29. The maximum atomic E-state index is 12.9. The van der Waals surface area contributed by atoms with E-state index in [9.17, 15) is 22.8 Å². The Morgan fingerprint density at radius 1 is 1.35 bits per heavy atom. The summed E-state index contributed by atoms with van der Waals surface area (Å²) in [5, 5.41) is 11.6. The highest BCUT2D eigenvalue weighted by atomic mass is 19.4. The number of carboxylic acids is 1. The molecule has 0 heterocycles. The largest absolute Gasteiger partial charge is 0.481 e. The van der Waals surface area contributed by atoms with Gasteiger partial charge in [-0.15, -0.1) is 0 Å². The van der Waals surface area contributed by atoms with Gasteiger partial charge >= 0.3 is 18.2 Å². The predicted molar refractivity (Wildman–Crippen MR) is 88.6 cm³/mol. The van der Waals surface area contributed by atoms with Gasteiger partial charge in [-0.25, -0.2) is 4.79 Å². The molecule has 2 unspecified atom stereocenters. The zero-order chi connectivity index (χ0) is 19.9. The summed E-state index contributed by atoms with van der Waals surface area (Å²) < 4.78 is 43.7. The van der Waals surface area contributed by atoms with Crippen molar-refractivity contribution >= 4 is 12.0 Å². The monoisotopic (exact) mass is 376 g/mol. The number of nitrogens with one attached hydrogen (secondary N) is 1. The van der Waals surface area contributed by atoms with Crippen molar-refractivity contribution in [2.75, 3.05) is 27.3 Å². The number of ether oxygens (including phenoxy) is 1. The van der Waals surface area contributed by atoms with Crippen LogP contribution in [0.3, 0.4) is 0 Å². The Balaban J connectivity index is 2.93. The number of carboxylic acid groups (broad SMARTS) is 1. The summed E-state index contributed by atoms with van der Waals surface area (Å²) in [5.74, 6) is -1.81. The highest BCUT2D eigenvalue weighted by molar-refractivity contribution is 5.76. The predicted octanol–water partition coefficient (Wildman–Crippen LogP) is 3.15. The van der Waals surface area contributed by atoms with Crippen molar-refractivity contribution in [2.24, 2.45) is 5.92 Å². The Morgan fingerprint density at radius 2 is 2.00 bits per heavy atom. The fourth-order valence-electron chi connectivity index (χ4n) is 2.32. The van der Waals surface area contributed by atoms with Gasteiger partial charge in [0.2, 0.25) is 0 Å². The number of nitrogens with zero attached hydrogens (tertiary/aromatic N) is 1. The number of alkyl halides is 3. The van der Waals surface area contributed by atoms with E-state index in [1.807, 2.05) is 0 Å². The lowest BCUT2D eigenvalue weighted by atomic mass is 10.0. The first-order chi connectivity index (χ1) is 12.1. The zero-order valence-electron chi connectivity index (χ0n) is 14.8. The molecule has 26 heavy (non-hydrogen) atoms. The van der Waals surface area contributed by atoms with Crippen molar-refractivity contribution in [3.8, 4) is 0 Å². The number of amides is 2. The molecule has 6 nitrogen and oxygen atoms in total. The summed E-state index contributed by atoms with van der Waals surface area (Å²) in [4.78, 5) is 24.4. The van der Waals surface area contributed by atoms with E-state index in [0.29, 0.717) is 5.56 Å². The van der Waals surface area contributed by atoms with E-state index in [2.05, 4.69) is 5.32 Å². The molecule has 2 amide bonds. The molecule has 0 fully saturated rings. The lowest BCUT2D eigenvalue weighted by Gasteiger charge is -2.25. The summed E-state index contributed by atoms with van der Waals surface area (Å²) in [6, 6.07) is 3.44. The van der Waals surface area contributed by atoms with Gasteiger partial charge in [0.15, 0.2) is 0 Å². The van der Waals surface area contributed by atoms with E-state index < -0.39 is 35.7 Å². The van der Waals surface area contributed by atoms with E-state index in [1.54, 1.807) is 0 Å². The van der Waals surface area contributed by atoms with E-state index in [-0.39, 0.29) is 19.6 Å². The lowest BCUT2D eigenvalue weighted by Crippen LogP contribution is -2.42. The lowest BCUT2D eigenvalue weighted by molar-refractivity contribution is -0.141. The Kier molecular flexibility index (Phi) is 7.88. The number of methoxy groups -OCH3 is 1. The summed E-state index contributed by atoms with van der Waals surface area (Å²) in [6.45, 7) is 1.67. The first kappa shape index (κ1) is 21.8. The molecule has 0 aliphatic heterocycles. The molecular formula is C17H23F3N2O4. The summed E-state index contributed by atoms with van der Waals surface area (Å²) in [7, 11) is 2.87. The second-order valence-corrected chi connectivity index (χ2v) is 6.03. The molecule has 2 N–H and O–H groups in total. The van der Waals surface area contributed by atoms with Crippen LogP contribution in [0, 0.1) is 5.92 Å². The van der Waals surface area contributed by atoms with Gasteiger partial charge in [0.05, 0.1) is 17.5 Å². The normalized spacial score (nSPS) is 13.8. The molecule has 0 saturated carbocycles. The molecule has 1 aromatic rings. The number of carbonyl (C=O) groups excluding carboxylic acids is 1. The summed E-state index contributed by atoms with van der Waals surface area (Å²) in [5.41, 5.74) is -0.510. The van der Waals surface area contributed by atoms with Crippen molar-refractivity contribution in [3.05, 3.63) is 35.4 Å². The number of benzene rings is 1. The first-order valence-electron chi connectivity index (χ1n) is 7.96. The van der Waals surface area contributed by atoms with Gasteiger partial charge in [0, 0.05) is 27.3 Å². The molecule has 146 valence electrons. The summed E-state index contributed by atoms with van der Waals surface area (Å²) in [6.07, 6.45) is -4.22. The second kappa shape index (κ2) is 9.42. The van der Waals surface area contributed by atoms with Crippen LogP contribution in [-0.4, -0.2) is 49.3 Å². The molecule has 0 aliphatic rings. The van der Waals surface area contributed by atoms with Gasteiger partial charge < -0.3 is 20.1 Å². The highest BCUT2D eigenvalue weighted by Gasteiger charge is 2.31. The topological polar surface area (TPSA) is 78.9 Å². The molecule has 9 heteroatoms. The molecule has 0 radical (unpaired) electrons. The standard InChI is InChI=1S/C17H23F3N2O4/c1-11(15(23)24)10-22(2)16(25)21-14(7-8-26-3)12-5-4-6-13(9-12)17(18,19)20/h4-6,9,11,14H,7-8,10H2,1-3H3,(H,21,25)(H,23,24).